The Bertz CT molecular complexity index is 147. The number of carbonyl (C=O) groups excluding carboxylic acids is 1. The van der Waals surface area contributed by atoms with Gasteiger partial charge in [-0.25, -0.2) is 4.79 Å². The molecule has 0 aromatic rings. The van der Waals surface area contributed by atoms with E-state index >= 15 is 0 Å². The molecule has 1 heterocycles. The molecule has 0 spiro atoms. The van der Waals surface area contributed by atoms with Gasteiger partial charge >= 0.3 is 0 Å². The van der Waals surface area contributed by atoms with Crippen molar-refractivity contribution in [2.75, 3.05) is 13.1 Å². The summed E-state index contributed by atoms with van der Waals surface area (Å²) < 4.78 is 0. The third-order valence-electron chi connectivity index (χ3n) is 1.81. The molecule has 0 atom stereocenters. The van der Waals surface area contributed by atoms with Crippen LogP contribution in [0.15, 0.2) is 5.76 Å². The van der Waals surface area contributed by atoms with E-state index in [9.17, 15) is 4.79 Å². The fourth-order valence-corrected chi connectivity index (χ4v) is 1.09. The monoisotopic (exact) mass is 185 g/mol. The van der Waals surface area contributed by atoms with E-state index in [2.05, 4.69) is 5.32 Å². The van der Waals surface area contributed by atoms with E-state index in [0.29, 0.717) is 6.42 Å². The molecule has 1 aliphatic rings. The van der Waals surface area contributed by atoms with Gasteiger partial charge in [0.25, 0.3) is 0 Å². The Kier molecular flexibility index (Phi) is 8.73. The number of aliphatic hydroxyl groups excluding tert-OH is 1. The number of hydrogen-bond acceptors (Lipinski definition) is 3. The Balaban J connectivity index is 0.000000223. The van der Waals surface area contributed by atoms with Crippen LogP contribution in [0.2, 0.25) is 0 Å². The maximum atomic E-state index is 9.48. The van der Waals surface area contributed by atoms with Crippen LogP contribution in [0, 0.1) is 0 Å². The largest absolute Gasteiger partial charge is 0.502 e. The topological polar surface area (TPSA) is 49.3 Å². The molecule has 3 heteroatoms. The summed E-state index contributed by atoms with van der Waals surface area (Å²) in [6.07, 6.45) is 5.46. The molecule has 1 saturated heterocycles. The summed E-state index contributed by atoms with van der Waals surface area (Å²) in [5.74, 6) is 1.21. The van der Waals surface area contributed by atoms with Crippen LogP contribution in [0.5, 0.6) is 0 Å². The van der Waals surface area contributed by atoms with Crippen molar-refractivity contribution in [3.05, 3.63) is 5.76 Å². The molecule has 1 aliphatic heterocycles. The first kappa shape index (κ1) is 12.2. The van der Waals surface area contributed by atoms with Gasteiger partial charge in [0.1, 0.15) is 0 Å². The number of aliphatic hydroxyl groups is 1. The molecule has 0 radical (unpaired) electrons. The van der Waals surface area contributed by atoms with E-state index in [0.717, 1.165) is 6.42 Å². The molecule has 0 aromatic carbocycles. The van der Waals surface area contributed by atoms with Gasteiger partial charge in [-0.1, -0.05) is 13.3 Å². The molecule has 1 rings (SSSR count). The summed E-state index contributed by atoms with van der Waals surface area (Å²) in [7, 11) is 0. The van der Waals surface area contributed by atoms with Crippen LogP contribution in [-0.4, -0.2) is 24.1 Å². The minimum absolute atomic E-state index is 0.178. The molecule has 0 bridgehead atoms. The average Bonchev–Trinajstić information content (AvgIpc) is 2.22. The lowest BCUT2D eigenvalue weighted by atomic mass is 10.2. The summed E-state index contributed by atoms with van der Waals surface area (Å²) in [6, 6.07) is 0. The average molecular weight is 185 g/mol. The fourth-order valence-electron chi connectivity index (χ4n) is 1.09. The molecule has 0 aromatic heterocycles. The van der Waals surface area contributed by atoms with Crippen LogP contribution in [0.4, 0.5) is 0 Å². The second-order valence-corrected chi connectivity index (χ2v) is 3.11. The summed E-state index contributed by atoms with van der Waals surface area (Å²) in [4.78, 5) is 9.48. The number of rotatable bonds is 2. The zero-order valence-electron chi connectivity index (χ0n) is 8.31. The second kappa shape index (κ2) is 9.30. The Morgan fingerprint density at radius 3 is 2.15 bits per heavy atom. The molecule has 2 N–H and O–H groups in total. The van der Waals surface area contributed by atoms with E-state index in [1.165, 1.54) is 38.3 Å². The number of hydrogen-bond donors (Lipinski definition) is 2. The zero-order valence-corrected chi connectivity index (χ0v) is 8.31. The van der Waals surface area contributed by atoms with Gasteiger partial charge < -0.3 is 10.4 Å². The summed E-state index contributed by atoms with van der Waals surface area (Å²) in [6.45, 7) is 4.38. The molecular formula is C10H19NO2. The Hall–Kier alpha value is -0.790. The van der Waals surface area contributed by atoms with E-state index < -0.39 is 0 Å². The molecule has 1 fully saturated rings. The lowest BCUT2D eigenvalue weighted by molar-refractivity contribution is 0.388. The standard InChI is InChI=1S/C5H11N.C5H8O2/c1-2-4-6-5-3-1;1-2-3-5(7)4-6/h6H,1-5H2;7H,2-3H2,1H3. The van der Waals surface area contributed by atoms with Crippen molar-refractivity contribution in [3.8, 4) is 0 Å². The maximum Gasteiger partial charge on any atom is 0.176 e. The highest BCUT2D eigenvalue weighted by Gasteiger charge is 1.93. The molecule has 0 amide bonds. The lowest BCUT2D eigenvalue weighted by Gasteiger charge is -2.08. The van der Waals surface area contributed by atoms with Crippen LogP contribution in [0.3, 0.4) is 0 Å². The van der Waals surface area contributed by atoms with Gasteiger partial charge in [0.2, 0.25) is 0 Å². The third-order valence-corrected chi connectivity index (χ3v) is 1.81. The normalized spacial score (nSPS) is 15.2. The first-order valence-corrected chi connectivity index (χ1v) is 4.95. The Morgan fingerprint density at radius 1 is 1.38 bits per heavy atom. The Labute approximate surface area is 79.8 Å². The van der Waals surface area contributed by atoms with Crippen molar-refractivity contribution in [2.45, 2.75) is 39.0 Å². The van der Waals surface area contributed by atoms with Crippen LogP contribution in [-0.2, 0) is 4.79 Å². The lowest BCUT2D eigenvalue weighted by Crippen LogP contribution is -2.21. The van der Waals surface area contributed by atoms with Crippen molar-refractivity contribution in [3.63, 3.8) is 0 Å². The SMILES string of the molecule is C1CCNCC1.CCCC(O)=C=O. The molecule has 76 valence electrons. The molecule has 0 saturated carbocycles. The van der Waals surface area contributed by atoms with Crippen molar-refractivity contribution in [1.29, 1.82) is 0 Å². The highest BCUT2D eigenvalue weighted by Crippen LogP contribution is 1.96. The summed E-state index contributed by atoms with van der Waals surface area (Å²) >= 11 is 0. The fraction of sp³-hybridized carbons (Fsp3) is 0.800. The maximum absolute atomic E-state index is 9.48. The smallest absolute Gasteiger partial charge is 0.176 e. The van der Waals surface area contributed by atoms with E-state index in [1.807, 2.05) is 6.92 Å². The highest BCUT2D eigenvalue weighted by molar-refractivity contribution is 5.48. The molecule has 0 aliphatic carbocycles. The van der Waals surface area contributed by atoms with E-state index in [4.69, 9.17) is 5.11 Å². The molecule has 13 heavy (non-hydrogen) atoms. The predicted molar refractivity (Wildman–Crippen MR) is 53.5 cm³/mol. The van der Waals surface area contributed by atoms with Crippen molar-refractivity contribution < 1.29 is 9.90 Å². The van der Waals surface area contributed by atoms with Gasteiger partial charge in [0.05, 0.1) is 0 Å². The predicted octanol–water partition coefficient (Wildman–Crippen LogP) is 1.82. The summed E-state index contributed by atoms with van der Waals surface area (Å²) in [5.41, 5.74) is 0. The second-order valence-electron chi connectivity index (χ2n) is 3.11. The van der Waals surface area contributed by atoms with Gasteiger partial charge in [0, 0.05) is 6.42 Å². The van der Waals surface area contributed by atoms with Crippen molar-refractivity contribution >= 4 is 5.94 Å². The van der Waals surface area contributed by atoms with Gasteiger partial charge in [0.15, 0.2) is 11.7 Å². The molecular weight excluding hydrogens is 166 g/mol. The van der Waals surface area contributed by atoms with Gasteiger partial charge in [-0.15, -0.1) is 0 Å². The number of nitrogens with one attached hydrogen (secondary N) is 1. The van der Waals surface area contributed by atoms with Crippen LogP contribution >= 0.6 is 0 Å². The third kappa shape index (κ3) is 9.12. The van der Waals surface area contributed by atoms with E-state index in [1.54, 1.807) is 0 Å². The minimum Gasteiger partial charge on any atom is -0.502 e. The quantitative estimate of drug-likeness (QED) is 0.509. The number of allylic oxidation sites excluding steroid dienone is 1. The van der Waals surface area contributed by atoms with Gasteiger partial charge in [-0.05, 0) is 32.4 Å². The molecule has 3 nitrogen and oxygen atoms in total. The zero-order chi connectivity index (χ0) is 9.94. The van der Waals surface area contributed by atoms with Gasteiger partial charge in [-0.3, -0.25) is 0 Å². The van der Waals surface area contributed by atoms with Crippen LogP contribution in [0.1, 0.15) is 39.0 Å². The molecule has 0 unspecified atom stereocenters. The van der Waals surface area contributed by atoms with Crippen LogP contribution in [0.25, 0.3) is 0 Å². The van der Waals surface area contributed by atoms with Gasteiger partial charge in [-0.2, -0.15) is 0 Å². The van der Waals surface area contributed by atoms with Crippen molar-refractivity contribution in [1.82, 2.24) is 5.32 Å². The first-order valence-electron chi connectivity index (χ1n) is 4.95. The first-order chi connectivity index (χ1) is 6.31. The highest BCUT2D eigenvalue weighted by atomic mass is 16.3. The minimum atomic E-state index is -0.178. The number of piperidine rings is 1. The van der Waals surface area contributed by atoms with Crippen molar-refractivity contribution in [2.24, 2.45) is 0 Å². The van der Waals surface area contributed by atoms with E-state index in [-0.39, 0.29) is 5.76 Å². The van der Waals surface area contributed by atoms with Crippen LogP contribution < -0.4 is 5.32 Å². The summed E-state index contributed by atoms with van der Waals surface area (Å²) in [5, 5.41) is 11.6. The Morgan fingerprint density at radius 2 is 2.00 bits per heavy atom.